The van der Waals surface area contributed by atoms with Crippen molar-refractivity contribution in [3.63, 3.8) is 0 Å². The zero-order chi connectivity index (χ0) is 12.1. The zero-order valence-corrected chi connectivity index (χ0v) is 10.0. The third-order valence-corrected chi connectivity index (χ3v) is 1.61. The SMILES string of the molecule is CNC(=O)C(C)NCC(=O)OC(C)(C)C. The number of esters is 1. The van der Waals surface area contributed by atoms with E-state index in [1.165, 1.54) is 0 Å². The number of amides is 1. The van der Waals surface area contributed by atoms with Gasteiger partial charge >= 0.3 is 5.97 Å². The molecule has 0 aliphatic carbocycles. The van der Waals surface area contributed by atoms with Gasteiger partial charge in [0.1, 0.15) is 5.60 Å². The van der Waals surface area contributed by atoms with Crippen LogP contribution < -0.4 is 10.6 Å². The van der Waals surface area contributed by atoms with Crippen LogP contribution >= 0.6 is 0 Å². The molecule has 0 heterocycles. The van der Waals surface area contributed by atoms with Gasteiger partial charge in [-0.1, -0.05) is 0 Å². The summed E-state index contributed by atoms with van der Waals surface area (Å²) >= 11 is 0. The first-order valence-electron chi connectivity index (χ1n) is 4.93. The molecular formula is C10H20N2O3. The number of hydrogen-bond acceptors (Lipinski definition) is 4. The van der Waals surface area contributed by atoms with Gasteiger partial charge in [-0.25, -0.2) is 0 Å². The van der Waals surface area contributed by atoms with Gasteiger partial charge in [0, 0.05) is 7.05 Å². The van der Waals surface area contributed by atoms with Crippen LogP contribution in [0, 0.1) is 0 Å². The average molecular weight is 216 g/mol. The molecule has 1 atom stereocenters. The Labute approximate surface area is 90.6 Å². The van der Waals surface area contributed by atoms with Gasteiger partial charge in [0.2, 0.25) is 5.91 Å². The lowest BCUT2D eigenvalue weighted by Crippen LogP contribution is -2.43. The third-order valence-electron chi connectivity index (χ3n) is 1.61. The molecule has 0 aromatic carbocycles. The number of nitrogens with one attached hydrogen (secondary N) is 2. The minimum Gasteiger partial charge on any atom is -0.459 e. The summed E-state index contributed by atoms with van der Waals surface area (Å²) in [5.74, 6) is -0.517. The molecule has 0 spiro atoms. The van der Waals surface area contributed by atoms with Crippen molar-refractivity contribution in [1.29, 1.82) is 0 Å². The second-order valence-corrected chi connectivity index (χ2v) is 4.30. The highest BCUT2D eigenvalue weighted by atomic mass is 16.6. The fraction of sp³-hybridized carbons (Fsp3) is 0.800. The van der Waals surface area contributed by atoms with Gasteiger partial charge in [0.25, 0.3) is 0 Å². The predicted molar refractivity (Wildman–Crippen MR) is 57.4 cm³/mol. The monoisotopic (exact) mass is 216 g/mol. The van der Waals surface area contributed by atoms with Gasteiger partial charge < -0.3 is 10.1 Å². The van der Waals surface area contributed by atoms with E-state index >= 15 is 0 Å². The van der Waals surface area contributed by atoms with Crippen molar-refractivity contribution in [1.82, 2.24) is 10.6 Å². The first kappa shape index (κ1) is 13.9. The largest absolute Gasteiger partial charge is 0.459 e. The second-order valence-electron chi connectivity index (χ2n) is 4.30. The van der Waals surface area contributed by atoms with Gasteiger partial charge in [-0.05, 0) is 27.7 Å². The molecule has 0 aliphatic heterocycles. The Balaban J connectivity index is 3.86. The molecule has 1 amide bonds. The summed E-state index contributed by atoms with van der Waals surface area (Å²) in [5, 5.41) is 5.25. The minimum absolute atomic E-state index is 0.0336. The highest BCUT2D eigenvalue weighted by molar-refractivity contribution is 5.82. The zero-order valence-electron chi connectivity index (χ0n) is 10.0. The Morgan fingerprint density at radius 3 is 2.27 bits per heavy atom. The molecule has 0 saturated heterocycles. The summed E-state index contributed by atoms with van der Waals surface area (Å²) in [5.41, 5.74) is -0.491. The van der Waals surface area contributed by atoms with E-state index in [9.17, 15) is 9.59 Å². The van der Waals surface area contributed by atoms with E-state index < -0.39 is 11.6 Å². The second kappa shape index (κ2) is 5.70. The standard InChI is InChI=1S/C10H20N2O3/c1-7(9(14)11-5)12-6-8(13)15-10(2,3)4/h7,12H,6H2,1-5H3,(H,11,14). The van der Waals surface area contributed by atoms with Gasteiger partial charge in [0.15, 0.2) is 0 Å². The molecular weight excluding hydrogens is 196 g/mol. The topological polar surface area (TPSA) is 67.4 Å². The molecule has 1 unspecified atom stereocenters. The Bertz CT molecular complexity index is 233. The number of rotatable bonds is 4. The molecule has 0 rings (SSSR count). The molecule has 5 heteroatoms. The fourth-order valence-corrected chi connectivity index (χ4v) is 0.923. The van der Waals surface area contributed by atoms with Gasteiger partial charge in [-0.3, -0.25) is 14.9 Å². The van der Waals surface area contributed by atoms with E-state index in [-0.39, 0.29) is 18.4 Å². The number of likely N-dealkylation sites (N-methyl/N-ethyl adjacent to an activating group) is 1. The van der Waals surface area contributed by atoms with Crippen LogP contribution in [0.5, 0.6) is 0 Å². The highest BCUT2D eigenvalue weighted by Crippen LogP contribution is 2.06. The van der Waals surface area contributed by atoms with E-state index in [0.29, 0.717) is 0 Å². The first-order chi connectivity index (χ1) is 6.76. The maximum Gasteiger partial charge on any atom is 0.320 e. The molecule has 0 aromatic heterocycles. The van der Waals surface area contributed by atoms with E-state index in [0.717, 1.165) is 0 Å². The van der Waals surface area contributed by atoms with Crippen molar-refractivity contribution in [2.75, 3.05) is 13.6 Å². The van der Waals surface area contributed by atoms with Crippen LogP contribution in [0.15, 0.2) is 0 Å². The predicted octanol–water partition coefficient (Wildman–Crippen LogP) is 0.0522. The molecule has 5 nitrogen and oxygen atoms in total. The van der Waals surface area contributed by atoms with Crippen LogP contribution in [0.1, 0.15) is 27.7 Å². The molecule has 0 fully saturated rings. The van der Waals surface area contributed by atoms with Crippen LogP contribution in [-0.2, 0) is 14.3 Å². The Hall–Kier alpha value is -1.10. The molecule has 2 N–H and O–H groups in total. The van der Waals surface area contributed by atoms with Crippen LogP contribution in [0.4, 0.5) is 0 Å². The maximum absolute atomic E-state index is 11.3. The van der Waals surface area contributed by atoms with Gasteiger partial charge in [0.05, 0.1) is 12.6 Å². The normalized spacial score (nSPS) is 13.1. The lowest BCUT2D eigenvalue weighted by atomic mass is 10.2. The van der Waals surface area contributed by atoms with Crippen molar-refractivity contribution in [2.45, 2.75) is 39.3 Å². The summed E-state index contributed by atoms with van der Waals surface area (Å²) in [4.78, 5) is 22.3. The minimum atomic E-state index is -0.491. The summed E-state index contributed by atoms with van der Waals surface area (Å²) in [7, 11) is 1.55. The van der Waals surface area contributed by atoms with Crippen LogP contribution in [-0.4, -0.2) is 37.1 Å². The molecule has 0 aliphatic rings. The van der Waals surface area contributed by atoms with E-state index in [1.807, 2.05) is 0 Å². The fourth-order valence-electron chi connectivity index (χ4n) is 0.923. The van der Waals surface area contributed by atoms with E-state index in [2.05, 4.69) is 10.6 Å². The summed E-state index contributed by atoms with van der Waals surface area (Å²) in [6.07, 6.45) is 0. The first-order valence-corrected chi connectivity index (χ1v) is 4.93. The van der Waals surface area contributed by atoms with Crippen LogP contribution in [0.25, 0.3) is 0 Å². The molecule has 0 aromatic rings. The van der Waals surface area contributed by atoms with Crippen molar-refractivity contribution in [3.8, 4) is 0 Å². The van der Waals surface area contributed by atoms with Crippen LogP contribution in [0.2, 0.25) is 0 Å². The molecule has 0 radical (unpaired) electrons. The van der Waals surface area contributed by atoms with Crippen LogP contribution in [0.3, 0.4) is 0 Å². The smallest absolute Gasteiger partial charge is 0.320 e. The summed E-state index contributed by atoms with van der Waals surface area (Å²) in [6.45, 7) is 7.11. The average Bonchev–Trinajstić information content (AvgIpc) is 2.10. The Kier molecular flexibility index (Phi) is 5.28. The van der Waals surface area contributed by atoms with Crippen molar-refractivity contribution < 1.29 is 14.3 Å². The quantitative estimate of drug-likeness (QED) is 0.652. The Morgan fingerprint density at radius 1 is 1.33 bits per heavy atom. The number of ether oxygens (including phenoxy) is 1. The van der Waals surface area contributed by atoms with E-state index in [1.54, 1.807) is 34.7 Å². The molecule has 0 saturated carbocycles. The van der Waals surface area contributed by atoms with Crippen molar-refractivity contribution in [3.05, 3.63) is 0 Å². The summed E-state index contributed by atoms with van der Waals surface area (Å²) in [6, 6.07) is -0.400. The number of hydrogen-bond donors (Lipinski definition) is 2. The maximum atomic E-state index is 11.3. The highest BCUT2D eigenvalue weighted by Gasteiger charge is 2.17. The Morgan fingerprint density at radius 2 is 1.87 bits per heavy atom. The molecule has 88 valence electrons. The lowest BCUT2D eigenvalue weighted by Gasteiger charge is -2.20. The number of carbonyl (C=O) groups excluding carboxylic acids is 2. The van der Waals surface area contributed by atoms with Crippen molar-refractivity contribution in [2.24, 2.45) is 0 Å². The van der Waals surface area contributed by atoms with Gasteiger partial charge in [-0.2, -0.15) is 0 Å². The molecule has 0 bridgehead atoms. The number of carbonyl (C=O) groups is 2. The molecule has 15 heavy (non-hydrogen) atoms. The summed E-state index contributed by atoms with van der Waals surface area (Å²) < 4.78 is 5.07. The van der Waals surface area contributed by atoms with Gasteiger partial charge in [-0.15, -0.1) is 0 Å². The third kappa shape index (κ3) is 6.90. The van der Waals surface area contributed by atoms with Crippen molar-refractivity contribution >= 4 is 11.9 Å². The lowest BCUT2D eigenvalue weighted by molar-refractivity contribution is -0.153. The van der Waals surface area contributed by atoms with E-state index in [4.69, 9.17) is 4.74 Å².